The van der Waals surface area contributed by atoms with E-state index in [-0.39, 0.29) is 0 Å². The van der Waals surface area contributed by atoms with Crippen LogP contribution in [-0.2, 0) is 0 Å². The first-order chi connectivity index (χ1) is 9.06. The molecule has 0 aliphatic carbocycles. The Morgan fingerprint density at radius 1 is 0.632 bits per heavy atom. The van der Waals surface area contributed by atoms with Gasteiger partial charge in [0.15, 0.2) is 0 Å². The van der Waals surface area contributed by atoms with Crippen LogP contribution < -0.4 is 4.84 Å². The average molecular weight is 290 g/mol. The first kappa shape index (κ1) is 19.2. The third kappa shape index (κ3) is 18.2. The highest BCUT2D eigenvalue weighted by Crippen LogP contribution is 2.22. The van der Waals surface area contributed by atoms with Gasteiger partial charge in [-0.25, -0.2) is 4.84 Å². The van der Waals surface area contributed by atoms with Crippen LogP contribution in [0.1, 0.15) is 97.8 Å². The molecule has 0 aliphatic heterocycles. The quantitative estimate of drug-likeness (QED) is 0.303. The van der Waals surface area contributed by atoms with Crippen LogP contribution in [0, 0.1) is 5.41 Å². The molecule has 0 spiro atoms. The van der Waals surface area contributed by atoms with Crippen LogP contribution in [0.2, 0.25) is 0 Å². The van der Waals surface area contributed by atoms with E-state index in [1.54, 1.807) is 0 Å². The molecule has 0 saturated carbocycles. The van der Waals surface area contributed by atoms with Crippen molar-refractivity contribution in [1.82, 2.24) is 4.84 Å². The average Bonchev–Trinajstić information content (AvgIpc) is 2.34. The van der Waals surface area contributed by atoms with Gasteiger partial charge in [-0.2, -0.15) is 0 Å². The molecule has 0 saturated heterocycles. The van der Waals surface area contributed by atoms with E-state index in [1.807, 2.05) is 0 Å². The molecule has 0 rings (SSSR count). The Kier molecular flexibility index (Phi) is 13.4. The van der Waals surface area contributed by atoms with Crippen molar-refractivity contribution in [2.24, 2.45) is 5.41 Å². The lowest BCUT2D eigenvalue weighted by Crippen LogP contribution is -2.03. The van der Waals surface area contributed by atoms with Crippen molar-refractivity contribution in [1.29, 1.82) is 0 Å². The van der Waals surface area contributed by atoms with Crippen molar-refractivity contribution in [3.05, 3.63) is 0 Å². The zero-order valence-corrected chi connectivity index (χ0v) is 14.3. The predicted molar refractivity (Wildman–Crippen MR) is 88.7 cm³/mol. The zero-order valence-electron chi connectivity index (χ0n) is 13.6. The van der Waals surface area contributed by atoms with E-state index < -0.39 is 0 Å². The van der Waals surface area contributed by atoms with Gasteiger partial charge in [0, 0.05) is 6.54 Å². The number of hydrogen-bond donors (Lipinski definition) is 1. The zero-order chi connectivity index (χ0) is 14.4. The number of nitrogens with one attached hydrogen (secondary N) is 1. The molecule has 0 bridgehead atoms. The van der Waals surface area contributed by atoms with Gasteiger partial charge in [0.05, 0.1) is 0 Å². The molecule has 0 atom stereocenters. The molecule has 0 aromatic heterocycles. The summed E-state index contributed by atoms with van der Waals surface area (Å²) in [5.74, 6) is 0. The van der Waals surface area contributed by atoms with Gasteiger partial charge in [-0.05, 0) is 30.0 Å². The summed E-state index contributed by atoms with van der Waals surface area (Å²) in [5, 5.41) is 0. The van der Waals surface area contributed by atoms with E-state index in [9.17, 15) is 0 Å². The number of halogens is 1. The van der Waals surface area contributed by atoms with Gasteiger partial charge >= 0.3 is 0 Å². The molecule has 0 unspecified atom stereocenters. The Hall–Kier alpha value is 0.250. The number of hydrogen-bond acceptors (Lipinski definition) is 1. The van der Waals surface area contributed by atoms with Gasteiger partial charge in [0.1, 0.15) is 0 Å². The van der Waals surface area contributed by atoms with Crippen molar-refractivity contribution >= 4 is 11.8 Å². The van der Waals surface area contributed by atoms with Crippen LogP contribution in [0.15, 0.2) is 0 Å². The predicted octanol–water partition coefficient (Wildman–Crippen LogP) is 6.46. The molecule has 0 amide bonds. The Morgan fingerprint density at radius 2 is 1.00 bits per heavy atom. The molecule has 0 aliphatic rings. The number of unbranched alkanes of at least 4 members (excludes halogenated alkanes) is 10. The van der Waals surface area contributed by atoms with E-state index in [0.717, 1.165) is 6.54 Å². The van der Waals surface area contributed by atoms with Gasteiger partial charge in [-0.1, -0.05) is 85.0 Å². The Balaban J connectivity index is 2.99. The van der Waals surface area contributed by atoms with Gasteiger partial charge < -0.3 is 0 Å². The first-order valence-corrected chi connectivity index (χ1v) is 8.77. The fourth-order valence-corrected chi connectivity index (χ4v) is 2.57. The van der Waals surface area contributed by atoms with Crippen molar-refractivity contribution in [3.8, 4) is 0 Å². The first-order valence-electron chi connectivity index (χ1n) is 8.40. The molecule has 0 aromatic carbocycles. The van der Waals surface area contributed by atoms with Crippen LogP contribution >= 0.6 is 11.8 Å². The van der Waals surface area contributed by atoms with Crippen LogP contribution in [0.3, 0.4) is 0 Å². The monoisotopic (exact) mass is 289 g/mol. The van der Waals surface area contributed by atoms with Crippen molar-refractivity contribution in [2.45, 2.75) is 97.8 Å². The fourth-order valence-electron chi connectivity index (χ4n) is 2.44. The minimum absolute atomic E-state index is 0.527. The summed E-state index contributed by atoms with van der Waals surface area (Å²) in [7, 11) is 0. The normalized spacial score (nSPS) is 12.0. The second-order valence-electron chi connectivity index (χ2n) is 7.08. The molecule has 2 heteroatoms. The molecule has 19 heavy (non-hydrogen) atoms. The lowest BCUT2D eigenvalue weighted by atomic mass is 9.89. The highest BCUT2D eigenvalue weighted by molar-refractivity contribution is 6.13. The Labute approximate surface area is 127 Å². The van der Waals surface area contributed by atoms with Gasteiger partial charge in [0.2, 0.25) is 0 Å². The summed E-state index contributed by atoms with van der Waals surface area (Å²) in [6.45, 7) is 7.98. The molecule has 0 fully saturated rings. The SMILES string of the molecule is CC(C)(C)CCCCCCCCCCCCCNCl. The van der Waals surface area contributed by atoms with E-state index >= 15 is 0 Å². The van der Waals surface area contributed by atoms with Crippen molar-refractivity contribution in [3.63, 3.8) is 0 Å². The van der Waals surface area contributed by atoms with Crippen LogP contribution in [0.4, 0.5) is 0 Å². The highest BCUT2D eigenvalue weighted by Gasteiger charge is 2.08. The van der Waals surface area contributed by atoms with Gasteiger partial charge in [-0.3, -0.25) is 0 Å². The second-order valence-corrected chi connectivity index (χ2v) is 7.35. The molecule has 116 valence electrons. The molecular formula is C17H36ClN. The van der Waals surface area contributed by atoms with Gasteiger partial charge in [0.25, 0.3) is 0 Å². The molecule has 1 N–H and O–H groups in total. The molecular weight excluding hydrogens is 254 g/mol. The van der Waals surface area contributed by atoms with Crippen LogP contribution in [0.5, 0.6) is 0 Å². The lowest BCUT2D eigenvalue weighted by molar-refractivity contribution is 0.356. The largest absolute Gasteiger partial charge is 0.234 e. The third-order valence-electron chi connectivity index (χ3n) is 3.70. The van der Waals surface area contributed by atoms with Gasteiger partial charge in [-0.15, -0.1) is 0 Å². The lowest BCUT2D eigenvalue weighted by Gasteiger charge is -2.17. The van der Waals surface area contributed by atoms with Crippen LogP contribution in [0.25, 0.3) is 0 Å². The minimum atomic E-state index is 0.527. The summed E-state index contributed by atoms with van der Waals surface area (Å²) >= 11 is 5.41. The molecule has 0 aromatic rings. The maximum Gasteiger partial charge on any atom is 0.0108 e. The Bertz CT molecular complexity index is 175. The summed E-state index contributed by atoms with van der Waals surface area (Å²) in [6.07, 6.45) is 16.8. The fraction of sp³-hybridized carbons (Fsp3) is 1.00. The topological polar surface area (TPSA) is 12.0 Å². The summed E-state index contributed by atoms with van der Waals surface area (Å²) in [6, 6.07) is 0. The van der Waals surface area contributed by atoms with E-state index in [0.29, 0.717) is 5.41 Å². The minimum Gasteiger partial charge on any atom is -0.234 e. The van der Waals surface area contributed by atoms with E-state index in [1.165, 1.54) is 77.0 Å². The standard InChI is InChI=1S/C17H36ClN/c1-17(2,3)15-13-11-9-7-5-4-6-8-10-12-14-16-19-18/h19H,4-16H2,1-3H3. The van der Waals surface area contributed by atoms with Crippen molar-refractivity contribution in [2.75, 3.05) is 6.54 Å². The van der Waals surface area contributed by atoms with E-state index in [2.05, 4.69) is 25.6 Å². The molecule has 0 radical (unpaired) electrons. The number of rotatable bonds is 13. The Morgan fingerprint density at radius 3 is 1.37 bits per heavy atom. The third-order valence-corrected chi connectivity index (χ3v) is 3.89. The highest BCUT2D eigenvalue weighted by atomic mass is 35.5. The molecule has 1 nitrogen and oxygen atoms in total. The van der Waals surface area contributed by atoms with Crippen LogP contribution in [-0.4, -0.2) is 6.54 Å². The smallest absolute Gasteiger partial charge is 0.0108 e. The summed E-state index contributed by atoms with van der Waals surface area (Å²) in [5.41, 5.74) is 0.527. The summed E-state index contributed by atoms with van der Waals surface area (Å²) < 4.78 is 0. The maximum atomic E-state index is 5.41. The second kappa shape index (κ2) is 13.2. The van der Waals surface area contributed by atoms with E-state index in [4.69, 9.17) is 11.8 Å². The summed E-state index contributed by atoms with van der Waals surface area (Å²) in [4.78, 5) is 2.68. The maximum absolute atomic E-state index is 5.41. The molecule has 0 heterocycles. The van der Waals surface area contributed by atoms with Crippen molar-refractivity contribution < 1.29 is 0 Å².